The first-order valence-corrected chi connectivity index (χ1v) is 5.03. The van der Waals surface area contributed by atoms with E-state index in [1.54, 1.807) is 11.8 Å². The highest BCUT2D eigenvalue weighted by atomic mass is 19.4. The summed E-state index contributed by atoms with van der Waals surface area (Å²) in [6.45, 7) is 4.43. The fraction of sp³-hybridized carbons (Fsp3) is 0.889. The van der Waals surface area contributed by atoms with Gasteiger partial charge in [0.05, 0.1) is 12.4 Å². The van der Waals surface area contributed by atoms with Crippen LogP contribution < -0.4 is 5.73 Å². The minimum absolute atomic E-state index is 0.0372. The van der Waals surface area contributed by atoms with Crippen molar-refractivity contribution in [3.8, 4) is 0 Å². The lowest BCUT2D eigenvalue weighted by Gasteiger charge is -2.23. The van der Waals surface area contributed by atoms with Crippen LogP contribution in [-0.4, -0.2) is 43.3 Å². The zero-order chi connectivity index (χ0) is 12.8. The summed E-state index contributed by atoms with van der Waals surface area (Å²) in [4.78, 5) is 1.76. The summed E-state index contributed by atoms with van der Waals surface area (Å²) < 4.78 is 38.8. The van der Waals surface area contributed by atoms with Crippen molar-refractivity contribution < 1.29 is 17.9 Å². The smallest absolute Gasteiger partial charge is 0.387 e. The summed E-state index contributed by atoms with van der Waals surface area (Å²) in [6.07, 6.45) is -4.58. The van der Waals surface area contributed by atoms with Crippen LogP contribution in [-0.2, 0) is 4.74 Å². The molecule has 0 aromatic heterocycles. The Balaban J connectivity index is 3.88. The Bertz CT molecular complexity index is 221. The van der Waals surface area contributed by atoms with Crippen molar-refractivity contribution in [3.63, 3.8) is 0 Å². The van der Waals surface area contributed by atoms with Crippen LogP contribution in [0.1, 0.15) is 13.8 Å². The molecule has 0 fully saturated rings. The highest BCUT2D eigenvalue weighted by Gasteiger charge is 2.28. The highest BCUT2D eigenvalue weighted by Crippen LogP contribution is 2.15. The summed E-state index contributed by atoms with van der Waals surface area (Å²) in [5, 5.41) is 7.18. The van der Waals surface area contributed by atoms with Gasteiger partial charge in [0.15, 0.2) is 0 Å². The number of likely N-dealkylation sites (N-methyl/N-ethyl adjacent to an activating group) is 1. The Morgan fingerprint density at radius 2 is 2.06 bits per heavy atom. The lowest BCUT2D eigenvalue weighted by Crippen LogP contribution is -2.37. The Hall–Kier alpha value is -0.820. The minimum atomic E-state index is -4.58. The van der Waals surface area contributed by atoms with Gasteiger partial charge in [-0.1, -0.05) is 13.8 Å². The number of nitrogens with one attached hydrogen (secondary N) is 1. The van der Waals surface area contributed by atoms with Gasteiger partial charge in [0.25, 0.3) is 0 Å². The van der Waals surface area contributed by atoms with Crippen LogP contribution >= 0.6 is 0 Å². The Kier molecular flexibility index (Phi) is 6.35. The molecule has 0 aromatic carbocycles. The lowest BCUT2D eigenvalue weighted by molar-refractivity contribution is -0.325. The third kappa shape index (κ3) is 7.47. The molecule has 1 atom stereocenters. The molecule has 0 amide bonds. The van der Waals surface area contributed by atoms with E-state index in [1.165, 1.54) is 0 Å². The first-order valence-electron chi connectivity index (χ1n) is 5.03. The molecule has 7 heteroatoms. The molecule has 0 aliphatic heterocycles. The van der Waals surface area contributed by atoms with Crippen LogP contribution in [0.3, 0.4) is 0 Å². The van der Waals surface area contributed by atoms with Crippen molar-refractivity contribution in [2.45, 2.75) is 20.2 Å². The van der Waals surface area contributed by atoms with Crippen molar-refractivity contribution in [1.29, 1.82) is 5.41 Å². The molecule has 0 aliphatic rings. The van der Waals surface area contributed by atoms with E-state index in [1.807, 2.05) is 6.92 Å². The van der Waals surface area contributed by atoms with Gasteiger partial charge in [-0.15, -0.1) is 13.2 Å². The molecule has 0 bridgehead atoms. The first-order chi connectivity index (χ1) is 7.26. The van der Waals surface area contributed by atoms with Crippen molar-refractivity contribution in [1.82, 2.24) is 4.90 Å². The van der Waals surface area contributed by atoms with Crippen molar-refractivity contribution >= 4 is 5.84 Å². The normalized spacial score (nSPS) is 14.1. The fourth-order valence-corrected chi connectivity index (χ4v) is 1.15. The zero-order valence-electron chi connectivity index (χ0n) is 9.47. The largest absolute Gasteiger partial charge is 0.522 e. The van der Waals surface area contributed by atoms with Crippen LogP contribution in [0.2, 0.25) is 0 Å². The SMILES string of the molecule is CCN(CCOC(F)(F)F)CC(C)C(=N)N. The maximum Gasteiger partial charge on any atom is 0.522 e. The molecule has 1 unspecified atom stereocenters. The molecule has 96 valence electrons. The molecule has 0 saturated carbocycles. The second-order valence-electron chi connectivity index (χ2n) is 3.54. The van der Waals surface area contributed by atoms with Crippen LogP contribution in [0.15, 0.2) is 0 Å². The summed E-state index contributed by atoms with van der Waals surface area (Å²) in [5.74, 6) is -0.124. The zero-order valence-corrected chi connectivity index (χ0v) is 9.47. The van der Waals surface area contributed by atoms with E-state index in [9.17, 15) is 13.2 Å². The number of ether oxygens (including phenoxy) is 1. The number of halogens is 3. The number of nitrogens with two attached hydrogens (primary N) is 1. The average Bonchev–Trinajstić information content (AvgIpc) is 2.13. The molecule has 4 nitrogen and oxygen atoms in total. The van der Waals surface area contributed by atoms with Crippen LogP contribution in [0.5, 0.6) is 0 Å². The molecule has 0 aliphatic carbocycles. The quantitative estimate of drug-likeness (QED) is 0.523. The van der Waals surface area contributed by atoms with E-state index in [2.05, 4.69) is 4.74 Å². The molecule has 0 aromatic rings. The number of nitrogens with zero attached hydrogens (tertiary/aromatic N) is 1. The molecule has 16 heavy (non-hydrogen) atoms. The second-order valence-corrected chi connectivity index (χ2v) is 3.54. The van der Waals surface area contributed by atoms with E-state index in [-0.39, 0.29) is 18.3 Å². The number of alkyl halides is 3. The van der Waals surface area contributed by atoms with Crippen LogP contribution in [0, 0.1) is 11.3 Å². The minimum Gasteiger partial charge on any atom is -0.387 e. The van der Waals surface area contributed by atoms with E-state index >= 15 is 0 Å². The molecule has 0 heterocycles. The van der Waals surface area contributed by atoms with Crippen LogP contribution in [0.4, 0.5) is 13.2 Å². The predicted octanol–water partition coefficient (Wildman–Crippen LogP) is 1.42. The van der Waals surface area contributed by atoms with Gasteiger partial charge in [-0.25, -0.2) is 0 Å². The van der Waals surface area contributed by atoms with Gasteiger partial charge in [0.2, 0.25) is 0 Å². The monoisotopic (exact) mass is 241 g/mol. The predicted molar refractivity (Wildman–Crippen MR) is 55.2 cm³/mol. The van der Waals surface area contributed by atoms with Crippen molar-refractivity contribution in [2.75, 3.05) is 26.2 Å². The summed E-state index contributed by atoms with van der Waals surface area (Å²) in [6, 6.07) is 0. The third-order valence-corrected chi connectivity index (χ3v) is 2.18. The highest BCUT2D eigenvalue weighted by molar-refractivity contribution is 5.79. The van der Waals surface area contributed by atoms with E-state index < -0.39 is 13.0 Å². The van der Waals surface area contributed by atoms with Gasteiger partial charge in [0.1, 0.15) is 0 Å². The van der Waals surface area contributed by atoms with E-state index in [0.717, 1.165) is 0 Å². The van der Waals surface area contributed by atoms with Gasteiger partial charge in [-0.05, 0) is 6.54 Å². The molecular formula is C9H18F3N3O. The maximum absolute atomic E-state index is 11.7. The van der Waals surface area contributed by atoms with E-state index in [4.69, 9.17) is 11.1 Å². The van der Waals surface area contributed by atoms with Gasteiger partial charge in [0, 0.05) is 19.0 Å². The molecular weight excluding hydrogens is 223 g/mol. The van der Waals surface area contributed by atoms with Gasteiger partial charge >= 0.3 is 6.36 Å². The average molecular weight is 241 g/mol. The summed E-state index contributed by atoms with van der Waals surface area (Å²) >= 11 is 0. The van der Waals surface area contributed by atoms with E-state index in [0.29, 0.717) is 13.1 Å². The van der Waals surface area contributed by atoms with Crippen molar-refractivity contribution in [2.24, 2.45) is 11.7 Å². The number of hydrogen-bond acceptors (Lipinski definition) is 3. The molecule has 3 N–H and O–H groups in total. The fourth-order valence-electron chi connectivity index (χ4n) is 1.15. The van der Waals surface area contributed by atoms with Gasteiger partial charge in [-0.3, -0.25) is 10.1 Å². The molecule has 0 radical (unpaired) electrons. The standard InChI is InChI=1S/C9H18F3N3O/c1-3-15(6-7(2)8(13)14)4-5-16-9(10,11)12/h7H,3-6H2,1-2H3,(H3,13,14). The Labute approximate surface area is 93.1 Å². The van der Waals surface area contributed by atoms with Gasteiger partial charge in [-0.2, -0.15) is 0 Å². The Morgan fingerprint density at radius 3 is 2.44 bits per heavy atom. The maximum atomic E-state index is 11.7. The van der Waals surface area contributed by atoms with Crippen molar-refractivity contribution in [3.05, 3.63) is 0 Å². The topological polar surface area (TPSA) is 62.3 Å². The third-order valence-electron chi connectivity index (χ3n) is 2.18. The molecule has 0 rings (SSSR count). The number of rotatable bonds is 7. The number of hydrogen-bond donors (Lipinski definition) is 2. The number of amidine groups is 1. The second kappa shape index (κ2) is 6.70. The molecule has 0 spiro atoms. The lowest BCUT2D eigenvalue weighted by atomic mass is 10.1. The Morgan fingerprint density at radius 1 is 1.50 bits per heavy atom. The molecule has 0 saturated heterocycles. The van der Waals surface area contributed by atoms with Gasteiger partial charge < -0.3 is 10.6 Å². The first kappa shape index (κ1) is 15.2. The van der Waals surface area contributed by atoms with Crippen LogP contribution in [0.25, 0.3) is 0 Å². The summed E-state index contributed by atoms with van der Waals surface area (Å²) in [7, 11) is 0. The summed E-state index contributed by atoms with van der Waals surface area (Å²) in [5.41, 5.74) is 5.28.